The lowest BCUT2D eigenvalue weighted by Crippen LogP contribution is -2.20. The van der Waals surface area contributed by atoms with Gasteiger partial charge in [0.15, 0.2) is 11.5 Å². The molecule has 3 N–H and O–H groups in total. The van der Waals surface area contributed by atoms with E-state index in [-0.39, 0.29) is 30.4 Å². The number of phenolic OH excluding ortho intramolecular Hbond substituents is 1. The van der Waals surface area contributed by atoms with Gasteiger partial charge in [-0.3, -0.25) is 9.59 Å². The van der Waals surface area contributed by atoms with Gasteiger partial charge in [0.05, 0.1) is 16.4 Å². The summed E-state index contributed by atoms with van der Waals surface area (Å²) >= 11 is 1.99. The summed E-state index contributed by atoms with van der Waals surface area (Å²) in [6.45, 7) is 2.24. The van der Waals surface area contributed by atoms with Crippen LogP contribution >= 0.6 is 22.6 Å². The Balaban J connectivity index is 1.82. The van der Waals surface area contributed by atoms with Crippen LogP contribution in [0.15, 0.2) is 47.6 Å². The summed E-state index contributed by atoms with van der Waals surface area (Å²) in [5.74, 6) is -0.180. The molecule has 27 heavy (non-hydrogen) atoms. The van der Waals surface area contributed by atoms with Gasteiger partial charge in [-0.1, -0.05) is 18.2 Å². The highest BCUT2D eigenvalue weighted by atomic mass is 127. The molecule has 0 aliphatic rings. The zero-order valence-electron chi connectivity index (χ0n) is 14.7. The molecule has 7 nitrogen and oxygen atoms in total. The van der Waals surface area contributed by atoms with Crippen molar-refractivity contribution in [3.8, 4) is 11.5 Å². The van der Waals surface area contributed by atoms with E-state index in [0.29, 0.717) is 27.2 Å². The van der Waals surface area contributed by atoms with Crippen molar-refractivity contribution in [3.63, 3.8) is 0 Å². The number of hydrogen-bond donors (Lipinski definition) is 3. The van der Waals surface area contributed by atoms with Crippen LogP contribution in [0.3, 0.4) is 0 Å². The van der Waals surface area contributed by atoms with Crippen LogP contribution in [-0.2, 0) is 9.59 Å². The van der Waals surface area contributed by atoms with Crippen molar-refractivity contribution < 1.29 is 19.4 Å². The summed E-state index contributed by atoms with van der Waals surface area (Å²) in [7, 11) is 0. The molecule has 0 spiro atoms. The molecule has 0 aliphatic carbocycles. The number of nitrogens with one attached hydrogen (secondary N) is 2. The van der Waals surface area contributed by atoms with Crippen molar-refractivity contribution in [2.45, 2.75) is 19.8 Å². The highest BCUT2D eigenvalue weighted by molar-refractivity contribution is 14.1. The number of hydrogen-bond acceptors (Lipinski definition) is 5. The SMILES string of the molecule is CCOc1cc(C=NNC(=O)CCC(=O)Nc2ccccc2)cc(I)c1O. The maximum absolute atomic E-state index is 11.8. The molecule has 2 aromatic rings. The van der Waals surface area contributed by atoms with E-state index in [9.17, 15) is 14.7 Å². The Kier molecular flexibility index (Phi) is 8.05. The summed E-state index contributed by atoms with van der Waals surface area (Å²) < 4.78 is 5.97. The van der Waals surface area contributed by atoms with Crippen molar-refractivity contribution in [2.75, 3.05) is 11.9 Å². The maximum Gasteiger partial charge on any atom is 0.240 e. The number of amides is 2. The lowest BCUT2D eigenvalue weighted by Gasteiger charge is -2.08. The maximum atomic E-state index is 11.8. The second-order valence-electron chi connectivity index (χ2n) is 5.49. The summed E-state index contributed by atoms with van der Waals surface area (Å²) in [5, 5.41) is 16.5. The van der Waals surface area contributed by atoms with Gasteiger partial charge < -0.3 is 15.2 Å². The molecule has 0 radical (unpaired) electrons. The largest absolute Gasteiger partial charge is 0.504 e. The van der Waals surface area contributed by atoms with Crippen LogP contribution < -0.4 is 15.5 Å². The van der Waals surface area contributed by atoms with Crippen LogP contribution in [0.1, 0.15) is 25.3 Å². The summed E-state index contributed by atoms with van der Waals surface area (Å²) in [5.41, 5.74) is 3.74. The molecule has 0 aromatic heterocycles. The van der Waals surface area contributed by atoms with E-state index in [1.165, 1.54) is 6.21 Å². The van der Waals surface area contributed by atoms with E-state index < -0.39 is 0 Å². The Bertz CT molecular complexity index is 825. The Morgan fingerprint density at radius 1 is 1.19 bits per heavy atom. The fourth-order valence-electron chi connectivity index (χ4n) is 2.14. The monoisotopic (exact) mass is 481 g/mol. The molecule has 0 saturated carbocycles. The third-order valence-electron chi connectivity index (χ3n) is 3.39. The van der Waals surface area contributed by atoms with Crippen LogP contribution in [0, 0.1) is 3.57 Å². The molecule has 0 heterocycles. The molecular formula is C19H20IN3O4. The van der Waals surface area contributed by atoms with Crippen molar-refractivity contribution >= 4 is 46.3 Å². The number of hydrazone groups is 1. The molecule has 0 bridgehead atoms. The number of carbonyl (C=O) groups is 2. The average Bonchev–Trinajstić information content (AvgIpc) is 2.65. The average molecular weight is 481 g/mol. The lowest BCUT2D eigenvalue weighted by molar-refractivity contribution is -0.124. The van der Waals surface area contributed by atoms with E-state index in [1.807, 2.05) is 47.7 Å². The third kappa shape index (κ3) is 6.89. The lowest BCUT2D eigenvalue weighted by atomic mass is 10.2. The highest BCUT2D eigenvalue weighted by Gasteiger charge is 2.09. The molecule has 2 aromatic carbocycles. The van der Waals surface area contributed by atoms with Gasteiger partial charge in [-0.15, -0.1) is 0 Å². The fourth-order valence-corrected chi connectivity index (χ4v) is 2.77. The van der Waals surface area contributed by atoms with Gasteiger partial charge in [0.25, 0.3) is 0 Å². The Morgan fingerprint density at radius 2 is 1.89 bits per heavy atom. The second-order valence-corrected chi connectivity index (χ2v) is 6.65. The van der Waals surface area contributed by atoms with Crippen molar-refractivity contribution in [2.24, 2.45) is 5.10 Å². The van der Waals surface area contributed by atoms with Crippen molar-refractivity contribution in [1.29, 1.82) is 0 Å². The van der Waals surface area contributed by atoms with Gasteiger partial charge in [0.2, 0.25) is 11.8 Å². The molecule has 0 aliphatic heterocycles. The molecule has 8 heteroatoms. The Hall–Kier alpha value is -2.62. The summed E-state index contributed by atoms with van der Waals surface area (Å²) in [4.78, 5) is 23.6. The second kappa shape index (κ2) is 10.5. The zero-order valence-corrected chi connectivity index (χ0v) is 16.9. The van der Waals surface area contributed by atoms with Crippen molar-refractivity contribution in [1.82, 2.24) is 5.43 Å². The number of para-hydroxylation sites is 1. The van der Waals surface area contributed by atoms with Gasteiger partial charge >= 0.3 is 0 Å². The number of aromatic hydroxyl groups is 1. The standard InChI is InChI=1S/C19H20IN3O4/c1-2-27-16-11-13(10-15(20)19(16)26)12-21-23-18(25)9-8-17(24)22-14-6-4-3-5-7-14/h3-7,10-12,26H,2,8-9H2,1H3,(H,22,24)(H,23,25). The first kappa shape index (κ1) is 20.7. The molecule has 2 rings (SSSR count). The normalized spacial score (nSPS) is 10.6. The predicted molar refractivity (Wildman–Crippen MR) is 112 cm³/mol. The number of nitrogens with zero attached hydrogens (tertiary/aromatic N) is 1. The first-order valence-corrected chi connectivity index (χ1v) is 9.39. The number of phenols is 1. The van der Waals surface area contributed by atoms with Gasteiger partial charge in [0, 0.05) is 18.5 Å². The van der Waals surface area contributed by atoms with Gasteiger partial charge in [0.1, 0.15) is 0 Å². The number of halogens is 1. The minimum absolute atomic E-state index is 0.0211. The minimum atomic E-state index is -0.368. The van der Waals surface area contributed by atoms with Gasteiger partial charge in [-0.2, -0.15) is 5.10 Å². The molecule has 0 unspecified atom stereocenters. The van der Waals surface area contributed by atoms with Crippen LogP contribution in [0.25, 0.3) is 0 Å². The van der Waals surface area contributed by atoms with E-state index in [4.69, 9.17) is 4.74 Å². The Morgan fingerprint density at radius 3 is 2.59 bits per heavy atom. The molecular weight excluding hydrogens is 461 g/mol. The molecule has 0 fully saturated rings. The number of benzene rings is 2. The van der Waals surface area contributed by atoms with Crippen LogP contribution in [0.4, 0.5) is 5.69 Å². The summed E-state index contributed by atoms with van der Waals surface area (Å²) in [6.07, 6.45) is 1.53. The van der Waals surface area contributed by atoms with E-state index in [0.717, 1.165) is 0 Å². The summed E-state index contributed by atoms with van der Waals surface area (Å²) in [6, 6.07) is 12.4. The molecule has 0 atom stereocenters. The number of rotatable bonds is 8. The highest BCUT2D eigenvalue weighted by Crippen LogP contribution is 2.32. The number of anilines is 1. The van der Waals surface area contributed by atoms with Crippen LogP contribution in [0.5, 0.6) is 11.5 Å². The van der Waals surface area contributed by atoms with Gasteiger partial charge in [-0.05, 0) is 59.3 Å². The van der Waals surface area contributed by atoms with E-state index >= 15 is 0 Å². The third-order valence-corrected chi connectivity index (χ3v) is 4.21. The number of ether oxygens (including phenoxy) is 1. The first-order valence-electron chi connectivity index (χ1n) is 8.31. The van der Waals surface area contributed by atoms with E-state index in [1.54, 1.807) is 24.3 Å². The fraction of sp³-hybridized carbons (Fsp3) is 0.211. The molecule has 142 valence electrons. The zero-order chi connectivity index (χ0) is 19.6. The quantitative estimate of drug-likeness (QED) is 0.306. The topological polar surface area (TPSA) is 100 Å². The van der Waals surface area contributed by atoms with Crippen LogP contribution in [0.2, 0.25) is 0 Å². The van der Waals surface area contributed by atoms with Gasteiger partial charge in [-0.25, -0.2) is 5.43 Å². The van der Waals surface area contributed by atoms with Crippen molar-refractivity contribution in [3.05, 3.63) is 51.6 Å². The minimum Gasteiger partial charge on any atom is -0.504 e. The molecule has 2 amide bonds. The molecule has 0 saturated heterocycles. The van der Waals surface area contributed by atoms with E-state index in [2.05, 4.69) is 15.8 Å². The predicted octanol–water partition coefficient (Wildman–Crippen LogP) is 3.26. The Labute approximate surface area is 171 Å². The number of carbonyl (C=O) groups excluding carboxylic acids is 2. The van der Waals surface area contributed by atoms with Crippen LogP contribution in [-0.4, -0.2) is 29.7 Å². The smallest absolute Gasteiger partial charge is 0.240 e. The first-order chi connectivity index (χ1) is 13.0.